The third-order valence-electron chi connectivity index (χ3n) is 4.73. The maximum Gasteiger partial charge on any atom is 0.132 e. The van der Waals surface area contributed by atoms with Crippen molar-refractivity contribution in [3.63, 3.8) is 0 Å². The molecule has 1 aliphatic rings. The maximum absolute atomic E-state index is 14.0. The quantitative estimate of drug-likeness (QED) is 0.890. The van der Waals surface area contributed by atoms with Gasteiger partial charge in [-0.2, -0.15) is 5.10 Å². The van der Waals surface area contributed by atoms with E-state index in [4.69, 9.17) is 0 Å². The Morgan fingerprint density at radius 2 is 2.22 bits per heavy atom. The van der Waals surface area contributed by atoms with Crippen molar-refractivity contribution in [3.8, 4) is 11.3 Å². The Morgan fingerprint density at radius 3 is 3.00 bits per heavy atom. The van der Waals surface area contributed by atoms with Crippen molar-refractivity contribution in [3.05, 3.63) is 41.8 Å². The predicted molar refractivity (Wildman–Crippen MR) is 90.5 cm³/mol. The number of hydrogen-bond donors (Lipinski definition) is 1. The standard InChI is InChI=1S/C18H25FN4/c1-3-22(2)11-14-8-9-23(12-14)13-15-10-20-21-18(15)16-6-4-5-7-17(16)19/h4-7,10,14H,3,8-9,11-13H2,1-2H3,(H,20,21)/t14-/m1/s1. The summed E-state index contributed by atoms with van der Waals surface area (Å²) >= 11 is 0. The van der Waals surface area contributed by atoms with Gasteiger partial charge in [0, 0.05) is 30.8 Å². The molecule has 0 saturated carbocycles. The van der Waals surface area contributed by atoms with E-state index in [1.54, 1.807) is 12.1 Å². The Bertz CT molecular complexity index is 639. The minimum absolute atomic E-state index is 0.207. The molecule has 3 rings (SSSR count). The zero-order chi connectivity index (χ0) is 16.2. The van der Waals surface area contributed by atoms with Gasteiger partial charge in [0.05, 0.1) is 11.9 Å². The lowest BCUT2D eigenvalue weighted by Gasteiger charge is -2.20. The van der Waals surface area contributed by atoms with E-state index in [1.165, 1.54) is 12.5 Å². The molecule has 0 unspecified atom stereocenters. The second-order valence-electron chi connectivity index (χ2n) is 6.49. The fourth-order valence-corrected chi connectivity index (χ4v) is 3.34. The van der Waals surface area contributed by atoms with Crippen LogP contribution in [0.1, 0.15) is 18.9 Å². The van der Waals surface area contributed by atoms with Crippen molar-refractivity contribution in [2.45, 2.75) is 19.9 Å². The van der Waals surface area contributed by atoms with E-state index >= 15 is 0 Å². The van der Waals surface area contributed by atoms with E-state index in [-0.39, 0.29) is 5.82 Å². The average Bonchev–Trinajstić information content (AvgIpc) is 3.18. The first-order chi connectivity index (χ1) is 11.2. The molecule has 0 bridgehead atoms. The summed E-state index contributed by atoms with van der Waals surface area (Å²) in [7, 11) is 2.18. The summed E-state index contributed by atoms with van der Waals surface area (Å²) in [6.45, 7) is 7.47. The summed E-state index contributed by atoms with van der Waals surface area (Å²) in [4.78, 5) is 4.82. The van der Waals surface area contributed by atoms with Gasteiger partial charge in [-0.05, 0) is 44.6 Å². The van der Waals surface area contributed by atoms with Gasteiger partial charge < -0.3 is 4.90 Å². The molecule has 0 radical (unpaired) electrons. The molecule has 0 spiro atoms. The highest BCUT2D eigenvalue weighted by molar-refractivity contribution is 5.63. The summed E-state index contributed by atoms with van der Waals surface area (Å²) in [5, 5.41) is 7.10. The Balaban J connectivity index is 1.66. The van der Waals surface area contributed by atoms with Crippen molar-refractivity contribution in [2.24, 2.45) is 5.92 Å². The van der Waals surface area contributed by atoms with Crippen molar-refractivity contribution < 1.29 is 4.39 Å². The second-order valence-corrected chi connectivity index (χ2v) is 6.49. The summed E-state index contributed by atoms with van der Waals surface area (Å²) in [6, 6.07) is 6.86. The molecule has 1 aromatic heterocycles. The third kappa shape index (κ3) is 3.79. The fourth-order valence-electron chi connectivity index (χ4n) is 3.34. The molecule has 1 saturated heterocycles. The maximum atomic E-state index is 14.0. The molecule has 4 nitrogen and oxygen atoms in total. The van der Waals surface area contributed by atoms with Crippen LogP contribution < -0.4 is 0 Å². The van der Waals surface area contributed by atoms with Crippen LogP contribution in [0.3, 0.4) is 0 Å². The molecular weight excluding hydrogens is 291 g/mol. The number of nitrogens with zero attached hydrogens (tertiary/aromatic N) is 3. The van der Waals surface area contributed by atoms with E-state index in [0.29, 0.717) is 5.56 Å². The van der Waals surface area contributed by atoms with E-state index < -0.39 is 0 Å². The molecule has 2 heterocycles. The van der Waals surface area contributed by atoms with Crippen LogP contribution >= 0.6 is 0 Å². The number of hydrogen-bond acceptors (Lipinski definition) is 3. The lowest BCUT2D eigenvalue weighted by molar-refractivity contribution is 0.268. The topological polar surface area (TPSA) is 35.2 Å². The number of H-pyrrole nitrogens is 1. The molecule has 1 atom stereocenters. The zero-order valence-corrected chi connectivity index (χ0v) is 13.9. The smallest absolute Gasteiger partial charge is 0.132 e. The summed E-state index contributed by atoms with van der Waals surface area (Å²) < 4.78 is 14.0. The minimum Gasteiger partial charge on any atom is -0.306 e. The average molecular weight is 316 g/mol. The molecule has 124 valence electrons. The fraction of sp³-hybridized carbons (Fsp3) is 0.500. The molecule has 23 heavy (non-hydrogen) atoms. The Morgan fingerprint density at radius 1 is 1.39 bits per heavy atom. The van der Waals surface area contributed by atoms with Crippen molar-refractivity contribution >= 4 is 0 Å². The first kappa shape index (κ1) is 16.1. The second kappa shape index (κ2) is 7.23. The van der Waals surface area contributed by atoms with Gasteiger partial charge in [0.25, 0.3) is 0 Å². The largest absolute Gasteiger partial charge is 0.306 e. The van der Waals surface area contributed by atoms with E-state index in [1.807, 2.05) is 12.3 Å². The van der Waals surface area contributed by atoms with Gasteiger partial charge >= 0.3 is 0 Å². The van der Waals surface area contributed by atoms with Gasteiger partial charge in [0.2, 0.25) is 0 Å². The highest BCUT2D eigenvalue weighted by atomic mass is 19.1. The molecule has 1 aromatic carbocycles. The van der Waals surface area contributed by atoms with Crippen molar-refractivity contribution in [1.29, 1.82) is 0 Å². The van der Waals surface area contributed by atoms with Crippen LogP contribution in [0.5, 0.6) is 0 Å². The number of likely N-dealkylation sites (tertiary alicyclic amines) is 1. The molecule has 1 N–H and O–H groups in total. The third-order valence-corrected chi connectivity index (χ3v) is 4.73. The molecular formula is C18H25FN4. The minimum atomic E-state index is -0.207. The Kier molecular flexibility index (Phi) is 5.08. The van der Waals surface area contributed by atoms with Crippen LogP contribution in [0.4, 0.5) is 4.39 Å². The van der Waals surface area contributed by atoms with E-state index in [2.05, 4.69) is 34.0 Å². The van der Waals surface area contributed by atoms with Gasteiger partial charge in [0.1, 0.15) is 5.82 Å². The summed E-state index contributed by atoms with van der Waals surface area (Å²) in [5.74, 6) is 0.519. The number of aromatic nitrogens is 2. The van der Waals surface area contributed by atoms with Crippen molar-refractivity contribution in [1.82, 2.24) is 20.0 Å². The highest BCUT2D eigenvalue weighted by Crippen LogP contribution is 2.26. The number of rotatable bonds is 6. The Labute approximate surface area is 137 Å². The SMILES string of the molecule is CCN(C)C[C@H]1CCN(Cc2cn[nH]c2-c2ccccc2F)C1. The predicted octanol–water partition coefficient (Wildman–Crippen LogP) is 2.99. The normalized spacial score (nSPS) is 18.9. The van der Waals surface area contributed by atoms with Gasteiger partial charge in [-0.1, -0.05) is 19.1 Å². The lowest BCUT2D eigenvalue weighted by Crippen LogP contribution is -2.28. The number of benzene rings is 1. The van der Waals surface area contributed by atoms with Crippen LogP contribution in [0.15, 0.2) is 30.5 Å². The van der Waals surface area contributed by atoms with Gasteiger partial charge in [-0.25, -0.2) is 4.39 Å². The summed E-state index contributed by atoms with van der Waals surface area (Å²) in [5.41, 5.74) is 2.47. The van der Waals surface area contributed by atoms with Crippen LogP contribution in [0.2, 0.25) is 0 Å². The van der Waals surface area contributed by atoms with Gasteiger partial charge in [-0.15, -0.1) is 0 Å². The van der Waals surface area contributed by atoms with E-state index in [0.717, 1.165) is 49.9 Å². The Hall–Kier alpha value is -1.72. The van der Waals surface area contributed by atoms with E-state index in [9.17, 15) is 4.39 Å². The lowest BCUT2D eigenvalue weighted by atomic mass is 10.1. The molecule has 0 aliphatic carbocycles. The number of aromatic amines is 1. The van der Waals surface area contributed by atoms with Gasteiger partial charge in [-0.3, -0.25) is 10.00 Å². The highest BCUT2D eigenvalue weighted by Gasteiger charge is 2.24. The number of halogens is 1. The van der Waals surface area contributed by atoms with Crippen LogP contribution in [0.25, 0.3) is 11.3 Å². The molecule has 1 aliphatic heterocycles. The zero-order valence-electron chi connectivity index (χ0n) is 13.9. The number of nitrogens with one attached hydrogen (secondary N) is 1. The monoisotopic (exact) mass is 316 g/mol. The first-order valence-corrected chi connectivity index (χ1v) is 8.35. The molecule has 2 aromatic rings. The molecule has 0 amide bonds. The van der Waals surface area contributed by atoms with Crippen LogP contribution in [-0.2, 0) is 6.54 Å². The molecule has 1 fully saturated rings. The van der Waals surface area contributed by atoms with Crippen LogP contribution in [-0.4, -0.2) is 53.2 Å². The van der Waals surface area contributed by atoms with Crippen molar-refractivity contribution in [2.75, 3.05) is 33.2 Å². The summed E-state index contributed by atoms with van der Waals surface area (Å²) in [6.07, 6.45) is 3.06. The molecule has 5 heteroatoms. The van der Waals surface area contributed by atoms with Crippen LogP contribution in [0, 0.1) is 11.7 Å². The van der Waals surface area contributed by atoms with Gasteiger partial charge in [0.15, 0.2) is 0 Å². The first-order valence-electron chi connectivity index (χ1n) is 8.35.